The van der Waals surface area contributed by atoms with Crippen molar-refractivity contribution in [1.82, 2.24) is 19.3 Å². The molecule has 6 rings (SSSR count). The van der Waals surface area contributed by atoms with E-state index in [0.717, 1.165) is 44.1 Å². The Hall–Kier alpha value is -4.10. The molecule has 4 aromatic carbocycles. The van der Waals surface area contributed by atoms with Gasteiger partial charge in [0.05, 0.1) is 22.3 Å². The Labute approximate surface area is 214 Å². The Balaban J connectivity index is 1.59. The zero-order valence-corrected chi connectivity index (χ0v) is 20.5. The summed E-state index contributed by atoms with van der Waals surface area (Å²) >= 11 is 3.50. The van der Waals surface area contributed by atoms with Gasteiger partial charge in [-0.1, -0.05) is 58.4 Å². The SMILES string of the molecule is Fc1cc(F)cc(Cn2c(-c3cn(-c4ccccc4)nc3-c3ccc(Br)cc3)nc3ccccc32)c1. The van der Waals surface area contributed by atoms with Crippen LogP contribution in [0.5, 0.6) is 0 Å². The van der Waals surface area contributed by atoms with Crippen molar-refractivity contribution < 1.29 is 8.78 Å². The standard InChI is InChI=1S/C29H19BrF2N4/c30-21-12-10-20(11-13-21)28-25(18-36(34-28)24-6-2-1-3-7-24)29-33-26-8-4-5-9-27(26)35(29)17-19-14-22(31)16-23(32)15-19/h1-16,18H,17H2. The molecule has 0 bridgehead atoms. The quantitative estimate of drug-likeness (QED) is 0.225. The molecule has 0 amide bonds. The highest BCUT2D eigenvalue weighted by Crippen LogP contribution is 2.34. The van der Waals surface area contributed by atoms with E-state index in [0.29, 0.717) is 11.4 Å². The molecule has 0 aliphatic rings. The van der Waals surface area contributed by atoms with E-state index in [9.17, 15) is 8.78 Å². The zero-order chi connectivity index (χ0) is 24.6. The van der Waals surface area contributed by atoms with Crippen molar-refractivity contribution in [1.29, 1.82) is 0 Å². The zero-order valence-electron chi connectivity index (χ0n) is 18.9. The topological polar surface area (TPSA) is 35.6 Å². The third-order valence-corrected chi connectivity index (χ3v) is 6.54. The molecule has 0 N–H and O–H groups in total. The smallest absolute Gasteiger partial charge is 0.145 e. The van der Waals surface area contributed by atoms with Gasteiger partial charge in [0.25, 0.3) is 0 Å². The first kappa shape index (κ1) is 22.4. The second kappa shape index (κ2) is 9.17. The lowest BCUT2D eigenvalue weighted by Gasteiger charge is -2.10. The van der Waals surface area contributed by atoms with Crippen LogP contribution in [0.25, 0.3) is 39.4 Å². The van der Waals surface area contributed by atoms with Gasteiger partial charge in [-0.3, -0.25) is 0 Å². The van der Waals surface area contributed by atoms with Gasteiger partial charge in [-0.05, 0) is 54.1 Å². The summed E-state index contributed by atoms with van der Waals surface area (Å²) in [6.07, 6.45) is 1.95. The fraction of sp³-hybridized carbons (Fsp3) is 0.0345. The van der Waals surface area contributed by atoms with Crippen LogP contribution in [0.15, 0.2) is 108 Å². The van der Waals surface area contributed by atoms with Crippen molar-refractivity contribution in [3.8, 4) is 28.3 Å². The Bertz CT molecular complexity index is 1670. The number of hydrogen-bond acceptors (Lipinski definition) is 2. The number of para-hydroxylation sites is 3. The van der Waals surface area contributed by atoms with Gasteiger partial charge in [-0.2, -0.15) is 5.10 Å². The van der Waals surface area contributed by atoms with E-state index in [2.05, 4.69) is 15.9 Å². The predicted octanol–water partition coefficient (Wildman–Crippen LogP) is 7.65. The van der Waals surface area contributed by atoms with Crippen LogP contribution in [0.2, 0.25) is 0 Å². The van der Waals surface area contributed by atoms with Crippen LogP contribution in [0.4, 0.5) is 8.78 Å². The molecule has 0 aliphatic carbocycles. The second-order valence-corrected chi connectivity index (χ2v) is 9.38. The lowest BCUT2D eigenvalue weighted by molar-refractivity contribution is 0.578. The molecule has 0 radical (unpaired) electrons. The van der Waals surface area contributed by atoms with E-state index >= 15 is 0 Å². The molecule has 176 valence electrons. The lowest BCUT2D eigenvalue weighted by Crippen LogP contribution is -2.03. The van der Waals surface area contributed by atoms with Gasteiger partial charge in [0.2, 0.25) is 0 Å². The lowest BCUT2D eigenvalue weighted by atomic mass is 10.1. The number of hydrogen-bond donors (Lipinski definition) is 0. The van der Waals surface area contributed by atoms with Crippen molar-refractivity contribution in [2.75, 3.05) is 0 Å². The minimum absolute atomic E-state index is 0.251. The van der Waals surface area contributed by atoms with Crippen molar-refractivity contribution in [2.24, 2.45) is 0 Å². The third kappa shape index (κ3) is 4.22. The van der Waals surface area contributed by atoms with Gasteiger partial charge in [0.15, 0.2) is 0 Å². The monoisotopic (exact) mass is 540 g/mol. The first-order valence-corrected chi connectivity index (χ1v) is 12.2. The number of halogens is 3. The first-order valence-electron chi connectivity index (χ1n) is 11.4. The van der Waals surface area contributed by atoms with Crippen molar-refractivity contribution in [2.45, 2.75) is 6.54 Å². The summed E-state index contributed by atoms with van der Waals surface area (Å²) in [7, 11) is 0. The summed E-state index contributed by atoms with van der Waals surface area (Å²) in [4.78, 5) is 4.95. The van der Waals surface area contributed by atoms with Gasteiger partial charge in [-0.15, -0.1) is 0 Å². The van der Waals surface area contributed by atoms with Crippen LogP contribution < -0.4 is 0 Å². The van der Waals surface area contributed by atoms with Crippen LogP contribution in [0.1, 0.15) is 5.56 Å². The van der Waals surface area contributed by atoms with E-state index in [1.165, 1.54) is 12.1 Å². The maximum atomic E-state index is 14.0. The summed E-state index contributed by atoms with van der Waals surface area (Å²) in [6, 6.07) is 29.1. The van der Waals surface area contributed by atoms with Crippen LogP contribution >= 0.6 is 15.9 Å². The molecule has 0 spiro atoms. The predicted molar refractivity (Wildman–Crippen MR) is 141 cm³/mol. The fourth-order valence-electron chi connectivity index (χ4n) is 4.40. The Morgan fingerprint density at radius 1 is 0.778 bits per heavy atom. The van der Waals surface area contributed by atoms with Gasteiger partial charge in [0, 0.05) is 28.8 Å². The van der Waals surface area contributed by atoms with E-state index in [-0.39, 0.29) is 6.54 Å². The summed E-state index contributed by atoms with van der Waals surface area (Å²) in [5, 5.41) is 4.93. The number of rotatable bonds is 5. The normalized spacial score (nSPS) is 11.3. The maximum absolute atomic E-state index is 14.0. The average molecular weight is 541 g/mol. The van der Waals surface area contributed by atoms with Crippen LogP contribution in [-0.4, -0.2) is 19.3 Å². The number of aromatic nitrogens is 4. The van der Waals surface area contributed by atoms with Crippen molar-refractivity contribution in [3.63, 3.8) is 0 Å². The number of benzene rings is 4. The molecule has 7 heteroatoms. The summed E-state index contributed by atoms with van der Waals surface area (Å²) in [5.41, 5.74) is 5.58. The molecular formula is C29H19BrF2N4. The molecular weight excluding hydrogens is 522 g/mol. The first-order chi connectivity index (χ1) is 17.5. The molecule has 0 atom stereocenters. The molecule has 36 heavy (non-hydrogen) atoms. The highest BCUT2D eigenvalue weighted by molar-refractivity contribution is 9.10. The van der Waals surface area contributed by atoms with E-state index < -0.39 is 11.6 Å². The maximum Gasteiger partial charge on any atom is 0.145 e. The van der Waals surface area contributed by atoms with E-state index in [1.54, 1.807) is 0 Å². The molecule has 0 aliphatic heterocycles. The van der Waals surface area contributed by atoms with E-state index in [4.69, 9.17) is 10.1 Å². The van der Waals surface area contributed by atoms with Gasteiger partial charge >= 0.3 is 0 Å². The molecule has 0 saturated heterocycles. The third-order valence-electron chi connectivity index (χ3n) is 6.01. The van der Waals surface area contributed by atoms with Crippen LogP contribution in [-0.2, 0) is 6.54 Å². The second-order valence-electron chi connectivity index (χ2n) is 8.47. The Kier molecular flexibility index (Phi) is 5.70. The number of fused-ring (bicyclic) bond motifs is 1. The van der Waals surface area contributed by atoms with Gasteiger partial charge in [0.1, 0.15) is 23.2 Å². The number of imidazole rings is 1. The molecule has 0 saturated carbocycles. The highest BCUT2D eigenvalue weighted by atomic mass is 79.9. The Morgan fingerprint density at radius 3 is 2.22 bits per heavy atom. The van der Waals surface area contributed by atoms with Crippen molar-refractivity contribution in [3.05, 3.63) is 125 Å². The molecule has 2 heterocycles. The summed E-state index contributed by atoms with van der Waals surface area (Å²) in [6.45, 7) is 0.251. The van der Waals surface area contributed by atoms with Crippen molar-refractivity contribution >= 4 is 27.0 Å². The fourth-order valence-corrected chi connectivity index (χ4v) is 4.66. The largest absolute Gasteiger partial charge is 0.319 e. The Morgan fingerprint density at radius 2 is 1.47 bits per heavy atom. The summed E-state index contributed by atoms with van der Waals surface area (Å²) < 4.78 is 32.8. The minimum atomic E-state index is -0.608. The molecule has 0 fully saturated rings. The van der Waals surface area contributed by atoms with E-state index in [1.807, 2.05) is 94.3 Å². The van der Waals surface area contributed by atoms with Crippen LogP contribution in [0, 0.1) is 11.6 Å². The molecule has 2 aromatic heterocycles. The van der Waals surface area contributed by atoms with Gasteiger partial charge < -0.3 is 4.57 Å². The minimum Gasteiger partial charge on any atom is -0.319 e. The molecule has 4 nitrogen and oxygen atoms in total. The number of nitrogens with zero attached hydrogens (tertiary/aromatic N) is 4. The van der Waals surface area contributed by atoms with Crippen LogP contribution in [0.3, 0.4) is 0 Å². The van der Waals surface area contributed by atoms with Gasteiger partial charge in [-0.25, -0.2) is 18.4 Å². The molecule has 6 aromatic rings. The molecule has 0 unspecified atom stereocenters. The summed E-state index contributed by atoms with van der Waals surface area (Å²) in [5.74, 6) is -0.548. The highest BCUT2D eigenvalue weighted by Gasteiger charge is 2.21. The average Bonchev–Trinajstić information content (AvgIpc) is 3.47.